The van der Waals surface area contributed by atoms with Crippen molar-refractivity contribution in [1.82, 2.24) is 9.97 Å². The molecular weight excluding hydrogens is 721 g/mol. The maximum absolute atomic E-state index is 4.92. The zero-order chi connectivity index (χ0) is 29.8. The van der Waals surface area contributed by atoms with Crippen LogP contribution < -0.4 is 10.5 Å². The van der Waals surface area contributed by atoms with E-state index in [1.54, 1.807) is 0 Å². The molecule has 0 aliphatic carbocycles. The molecule has 2 aromatic heterocycles. The van der Waals surface area contributed by atoms with Gasteiger partial charge in [-0.2, -0.15) is 0 Å². The first kappa shape index (κ1) is 33.5. The van der Waals surface area contributed by atoms with Crippen molar-refractivity contribution < 1.29 is 20.1 Å². The molecule has 0 fully saturated rings. The Morgan fingerprint density at radius 3 is 1.98 bits per heavy atom. The van der Waals surface area contributed by atoms with Crippen LogP contribution >= 0.6 is 0 Å². The summed E-state index contributed by atoms with van der Waals surface area (Å²) >= 11 is 0. The summed E-state index contributed by atoms with van der Waals surface area (Å²) < 4.78 is 0. The van der Waals surface area contributed by atoms with Crippen molar-refractivity contribution in [3.63, 3.8) is 0 Å². The minimum absolute atomic E-state index is 0. The van der Waals surface area contributed by atoms with Gasteiger partial charge in [0.05, 0.1) is 16.1 Å². The largest absolute Gasteiger partial charge is 0.306 e. The molecular formula is C37H42IrN2Si2-2. The minimum Gasteiger partial charge on any atom is -0.306 e. The Kier molecular flexibility index (Phi) is 11.2. The van der Waals surface area contributed by atoms with E-state index in [2.05, 4.69) is 144 Å². The molecule has 0 unspecified atom stereocenters. The molecule has 5 rings (SSSR count). The molecule has 219 valence electrons. The van der Waals surface area contributed by atoms with Crippen LogP contribution in [0, 0.1) is 32.9 Å². The van der Waals surface area contributed by atoms with Gasteiger partial charge in [0, 0.05) is 31.6 Å². The van der Waals surface area contributed by atoms with Crippen molar-refractivity contribution in [1.29, 1.82) is 0 Å². The van der Waals surface area contributed by atoms with E-state index in [1.165, 1.54) is 38.3 Å². The van der Waals surface area contributed by atoms with Crippen LogP contribution in [-0.4, -0.2) is 26.1 Å². The van der Waals surface area contributed by atoms with Gasteiger partial charge in [0.25, 0.3) is 0 Å². The number of hydrogen-bond acceptors (Lipinski definition) is 2. The topological polar surface area (TPSA) is 25.8 Å². The van der Waals surface area contributed by atoms with Crippen molar-refractivity contribution in [2.75, 3.05) is 0 Å². The van der Waals surface area contributed by atoms with Crippen molar-refractivity contribution in [2.45, 2.75) is 60.1 Å². The van der Waals surface area contributed by atoms with Gasteiger partial charge in [0.1, 0.15) is 0 Å². The van der Waals surface area contributed by atoms with E-state index in [9.17, 15) is 0 Å². The van der Waals surface area contributed by atoms with Crippen LogP contribution in [0.5, 0.6) is 0 Å². The summed E-state index contributed by atoms with van der Waals surface area (Å²) in [4.78, 5) is 9.50. The average Bonchev–Trinajstić information content (AvgIpc) is 2.93. The van der Waals surface area contributed by atoms with Crippen molar-refractivity contribution in [3.8, 4) is 33.6 Å². The number of hydrogen-bond donors (Lipinski definition) is 0. The standard InChI is InChI=1S/C22H24NSi.C15H18NSi.Ir/c1-16-12-13-20(17(2)14-16)18-8-6-9-19(15-18)21-10-7-11-22(23-21)24(3,4)5;1-12-10-14(13-8-6-5-7-9-13)16-11-15(12)17(2,3)4;/h6-8,10-15H,1-5H3;5-8,10-11H,1-4H3;/q2*-1;. The van der Waals surface area contributed by atoms with Crippen molar-refractivity contribution in [2.24, 2.45) is 0 Å². The van der Waals surface area contributed by atoms with Crippen LogP contribution in [-0.2, 0) is 20.1 Å². The summed E-state index contributed by atoms with van der Waals surface area (Å²) in [5.74, 6) is 0. The van der Waals surface area contributed by atoms with Crippen LogP contribution in [0.1, 0.15) is 16.7 Å². The Labute approximate surface area is 269 Å². The first-order valence-corrected chi connectivity index (χ1v) is 21.3. The molecule has 0 bridgehead atoms. The number of aryl methyl sites for hydroxylation is 3. The molecule has 5 aromatic rings. The molecule has 0 N–H and O–H groups in total. The summed E-state index contributed by atoms with van der Waals surface area (Å²) in [6.07, 6.45) is 2.05. The summed E-state index contributed by atoms with van der Waals surface area (Å²) in [6, 6.07) is 36.0. The molecule has 3 aromatic carbocycles. The molecule has 2 nitrogen and oxygen atoms in total. The van der Waals surface area contributed by atoms with Gasteiger partial charge in [-0.3, -0.25) is 0 Å². The molecule has 42 heavy (non-hydrogen) atoms. The second-order valence-corrected chi connectivity index (χ2v) is 22.9. The van der Waals surface area contributed by atoms with Crippen LogP contribution in [0.2, 0.25) is 39.3 Å². The van der Waals surface area contributed by atoms with Crippen LogP contribution in [0.3, 0.4) is 0 Å². The number of rotatable bonds is 5. The normalized spacial score (nSPS) is 11.3. The Hall–Kier alpha value is -2.96. The maximum atomic E-state index is 4.92. The number of aromatic nitrogens is 2. The number of benzene rings is 3. The van der Waals surface area contributed by atoms with E-state index in [0.717, 1.165) is 22.5 Å². The third-order valence-corrected chi connectivity index (χ3v) is 11.1. The van der Waals surface area contributed by atoms with E-state index >= 15 is 0 Å². The number of pyridine rings is 2. The molecule has 0 aliphatic rings. The van der Waals surface area contributed by atoms with E-state index in [0.29, 0.717) is 0 Å². The Morgan fingerprint density at radius 2 is 1.36 bits per heavy atom. The first-order valence-electron chi connectivity index (χ1n) is 14.3. The number of nitrogens with zero attached hydrogens (tertiary/aromatic N) is 2. The molecule has 0 saturated carbocycles. The molecule has 0 spiro atoms. The van der Waals surface area contributed by atoms with Crippen molar-refractivity contribution >= 4 is 26.7 Å². The van der Waals surface area contributed by atoms with E-state index in [-0.39, 0.29) is 20.1 Å². The van der Waals surface area contributed by atoms with Crippen molar-refractivity contribution in [3.05, 3.63) is 120 Å². The fraction of sp³-hybridized carbons (Fsp3) is 0.243. The van der Waals surface area contributed by atoms with Crippen LogP contribution in [0.4, 0.5) is 0 Å². The third-order valence-electron chi connectivity index (χ3n) is 7.19. The fourth-order valence-corrected chi connectivity index (χ4v) is 7.72. The van der Waals surface area contributed by atoms with E-state index in [1.807, 2.05) is 24.3 Å². The average molecular weight is 763 g/mol. The summed E-state index contributed by atoms with van der Waals surface area (Å²) in [7, 11) is -2.69. The molecule has 0 amide bonds. The predicted molar refractivity (Wildman–Crippen MR) is 183 cm³/mol. The molecule has 1 radical (unpaired) electrons. The third kappa shape index (κ3) is 8.55. The Bertz CT molecular complexity index is 1630. The predicted octanol–water partition coefficient (Wildman–Crippen LogP) is 8.78. The zero-order valence-electron chi connectivity index (χ0n) is 26.4. The summed E-state index contributed by atoms with van der Waals surface area (Å²) in [5.41, 5.74) is 10.6. The molecule has 0 atom stereocenters. The second kappa shape index (κ2) is 14.0. The molecule has 2 heterocycles. The monoisotopic (exact) mass is 763 g/mol. The van der Waals surface area contributed by atoms with Crippen LogP contribution in [0.25, 0.3) is 33.6 Å². The van der Waals surface area contributed by atoms with Gasteiger partial charge in [-0.15, -0.1) is 71.3 Å². The van der Waals surface area contributed by atoms with Gasteiger partial charge in [-0.25, -0.2) is 0 Å². The molecule has 0 aliphatic heterocycles. The Morgan fingerprint density at radius 1 is 0.619 bits per heavy atom. The zero-order valence-corrected chi connectivity index (χ0v) is 30.8. The van der Waals surface area contributed by atoms with Gasteiger partial charge in [0.2, 0.25) is 0 Å². The smallest absolute Gasteiger partial charge is 0.0999 e. The first-order chi connectivity index (χ1) is 19.3. The Balaban J connectivity index is 0.000000238. The van der Waals surface area contributed by atoms with Gasteiger partial charge >= 0.3 is 0 Å². The maximum Gasteiger partial charge on any atom is 0.0999 e. The van der Waals surface area contributed by atoms with Gasteiger partial charge in [-0.05, 0) is 54.5 Å². The SMILES string of the molecule is Cc1cc(-c2[c-]cccc2)ncc1[Si](C)(C)C.Cc1ccc(-c2cc[c-]c(-c3cccc([Si](C)(C)C)n3)c2)c(C)c1.[Ir]. The second-order valence-electron chi connectivity index (χ2n) is 12.9. The van der Waals surface area contributed by atoms with E-state index < -0.39 is 16.1 Å². The van der Waals surface area contributed by atoms with Gasteiger partial charge in [-0.1, -0.05) is 86.8 Å². The summed E-state index contributed by atoms with van der Waals surface area (Å²) in [5, 5.41) is 2.68. The van der Waals surface area contributed by atoms with E-state index in [4.69, 9.17) is 4.98 Å². The van der Waals surface area contributed by atoms with Crippen LogP contribution in [0.15, 0.2) is 91.1 Å². The summed E-state index contributed by atoms with van der Waals surface area (Å²) in [6.45, 7) is 20.5. The quantitative estimate of drug-likeness (QED) is 0.132. The van der Waals surface area contributed by atoms with Gasteiger partial charge < -0.3 is 9.97 Å². The van der Waals surface area contributed by atoms with Gasteiger partial charge in [0.15, 0.2) is 0 Å². The fourth-order valence-electron chi connectivity index (χ4n) is 4.96. The minimum atomic E-state index is -1.42. The molecule has 5 heteroatoms. The molecule has 0 saturated heterocycles.